The zero-order chi connectivity index (χ0) is 15.2. The number of para-hydroxylation sites is 1. The Labute approximate surface area is 130 Å². The molecule has 3 rings (SSSR count). The molecule has 22 heavy (non-hydrogen) atoms. The Kier molecular flexibility index (Phi) is 5.06. The lowest BCUT2D eigenvalue weighted by Gasteiger charge is -2.26. The Hall–Kier alpha value is -1.88. The molecule has 1 N–H and O–H groups in total. The average molecular weight is 301 g/mol. The highest BCUT2D eigenvalue weighted by Crippen LogP contribution is 2.37. The van der Waals surface area contributed by atoms with E-state index in [0.717, 1.165) is 36.5 Å². The maximum absolute atomic E-state index is 9.40. The third kappa shape index (κ3) is 3.47. The van der Waals surface area contributed by atoms with E-state index in [1.54, 1.807) is 0 Å². The van der Waals surface area contributed by atoms with Crippen LogP contribution >= 0.6 is 0 Å². The molecule has 1 aromatic heterocycles. The summed E-state index contributed by atoms with van der Waals surface area (Å²) in [5, 5.41) is 17.7. The number of hydrogen-bond donors (Lipinski definition) is 1. The summed E-state index contributed by atoms with van der Waals surface area (Å²) < 4.78 is 7.68. The molecule has 1 heterocycles. The van der Waals surface area contributed by atoms with Gasteiger partial charge in [-0.15, -0.1) is 5.10 Å². The van der Waals surface area contributed by atoms with Crippen molar-refractivity contribution in [3.8, 4) is 5.75 Å². The number of aromatic nitrogens is 3. The summed E-state index contributed by atoms with van der Waals surface area (Å²) in [5.41, 5.74) is 1.91. The van der Waals surface area contributed by atoms with Gasteiger partial charge in [-0.05, 0) is 37.8 Å². The van der Waals surface area contributed by atoms with Crippen LogP contribution in [0.2, 0.25) is 0 Å². The highest BCUT2D eigenvalue weighted by Gasteiger charge is 2.27. The van der Waals surface area contributed by atoms with Gasteiger partial charge in [-0.25, -0.2) is 4.68 Å². The molecule has 0 unspecified atom stereocenters. The molecule has 1 saturated carbocycles. The second-order valence-corrected chi connectivity index (χ2v) is 5.80. The summed E-state index contributed by atoms with van der Waals surface area (Å²) in [6, 6.07) is 9.88. The Morgan fingerprint density at radius 1 is 1.18 bits per heavy atom. The standard InChI is InChI=1S/C17H23N3O2/c21-13-16-17(14-7-6-8-14)20(19-18-16)11-4-5-12-22-15-9-2-1-3-10-15/h1-3,9-10,14,21H,4-8,11-13H2. The fourth-order valence-electron chi connectivity index (χ4n) is 2.83. The van der Waals surface area contributed by atoms with Crippen LogP contribution in [0.3, 0.4) is 0 Å². The highest BCUT2D eigenvalue weighted by atomic mass is 16.5. The van der Waals surface area contributed by atoms with Gasteiger partial charge in [0.05, 0.1) is 18.9 Å². The Morgan fingerprint density at radius 3 is 2.68 bits per heavy atom. The van der Waals surface area contributed by atoms with Crippen molar-refractivity contribution in [2.75, 3.05) is 6.61 Å². The average Bonchev–Trinajstić information content (AvgIpc) is 2.89. The first-order valence-electron chi connectivity index (χ1n) is 8.09. The van der Waals surface area contributed by atoms with Crippen LogP contribution in [0.15, 0.2) is 30.3 Å². The van der Waals surface area contributed by atoms with Crippen LogP contribution in [0, 0.1) is 0 Å². The molecule has 0 atom stereocenters. The van der Waals surface area contributed by atoms with Gasteiger partial charge < -0.3 is 9.84 Å². The second-order valence-electron chi connectivity index (χ2n) is 5.80. The molecule has 1 aliphatic carbocycles. The number of hydrogen-bond acceptors (Lipinski definition) is 4. The molecule has 0 aliphatic heterocycles. The molecule has 2 aromatic rings. The summed E-state index contributed by atoms with van der Waals surface area (Å²) in [4.78, 5) is 0. The summed E-state index contributed by atoms with van der Waals surface area (Å²) >= 11 is 0. The van der Waals surface area contributed by atoms with Crippen LogP contribution in [-0.2, 0) is 13.2 Å². The van der Waals surface area contributed by atoms with Crippen LogP contribution in [0.4, 0.5) is 0 Å². The minimum Gasteiger partial charge on any atom is -0.494 e. The van der Waals surface area contributed by atoms with Gasteiger partial charge >= 0.3 is 0 Å². The first kappa shape index (κ1) is 15.0. The minimum atomic E-state index is -0.0110. The fraction of sp³-hybridized carbons (Fsp3) is 0.529. The van der Waals surface area contributed by atoms with Crippen LogP contribution in [0.1, 0.15) is 49.4 Å². The smallest absolute Gasteiger partial charge is 0.119 e. The third-order valence-electron chi connectivity index (χ3n) is 4.26. The maximum atomic E-state index is 9.40. The van der Waals surface area contributed by atoms with Crippen molar-refractivity contribution < 1.29 is 9.84 Å². The Morgan fingerprint density at radius 2 is 2.00 bits per heavy atom. The van der Waals surface area contributed by atoms with Crippen molar-refractivity contribution in [3.63, 3.8) is 0 Å². The largest absolute Gasteiger partial charge is 0.494 e. The van der Waals surface area contributed by atoms with E-state index in [9.17, 15) is 5.11 Å². The van der Waals surface area contributed by atoms with E-state index in [2.05, 4.69) is 10.3 Å². The number of unbranched alkanes of at least 4 members (excludes halogenated alkanes) is 1. The molecule has 1 aliphatic rings. The van der Waals surface area contributed by atoms with Gasteiger partial charge in [0, 0.05) is 12.5 Å². The fourth-order valence-corrected chi connectivity index (χ4v) is 2.83. The first-order valence-corrected chi connectivity index (χ1v) is 8.09. The number of aryl methyl sites for hydroxylation is 1. The molecular formula is C17H23N3O2. The molecule has 5 nitrogen and oxygen atoms in total. The monoisotopic (exact) mass is 301 g/mol. The number of ether oxygens (including phenoxy) is 1. The van der Waals surface area contributed by atoms with Gasteiger partial charge in [0.25, 0.3) is 0 Å². The quantitative estimate of drug-likeness (QED) is 0.762. The summed E-state index contributed by atoms with van der Waals surface area (Å²) in [6.07, 6.45) is 5.63. The van der Waals surface area contributed by atoms with Crippen LogP contribution in [-0.4, -0.2) is 26.7 Å². The van der Waals surface area contributed by atoms with Crippen LogP contribution in [0.25, 0.3) is 0 Å². The number of aliphatic hydroxyl groups is 1. The second kappa shape index (κ2) is 7.40. The molecule has 1 fully saturated rings. The van der Waals surface area contributed by atoms with E-state index in [0.29, 0.717) is 12.5 Å². The molecule has 0 saturated heterocycles. The lowest BCUT2D eigenvalue weighted by molar-refractivity contribution is 0.271. The molecule has 118 valence electrons. The van der Waals surface area contributed by atoms with E-state index in [4.69, 9.17) is 4.74 Å². The van der Waals surface area contributed by atoms with E-state index in [-0.39, 0.29) is 6.61 Å². The predicted molar refractivity (Wildman–Crippen MR) is 83.7 cm³/mol. The van der Waals surface area contributed by atoms with E-state index < -0.39 is 0 Å². The van der Waals surface area contributed by atoms with E-state index in [1.807, 2.05) is 35.0 Å². The van der Waals surface area contributed by atoms with Crippen molar-refractivity contribution >= 4 is 0 Å². The van der Waals surface area contributed by atoms with Crippen molar-refractivity contribution in [1.82, 2.24) is 15.0 Å². The van der Waals surface area contributed by atoms with Gasteiger partial charge in [-0.1, -0.05) is 29.8 Å². The normalized spacial score (nSPS) is 14.8. The molecule has 0 radical (unpaired) electrons. The SMILES string of the molecule is OCc1nnn(CCCCOc2ccccc2)c1C1CCC1. The Bertz CT molecular complexity index is 579. The van der Waals surface area contributed by atoms with Gasteiger partial charge in [0.2, 0.25) is 0 Å². The number of benzene rings is 1. The molecule has 0 amide bonds. The maximum Gasteiger partial charge on any atom is 0.119 e. The van der Waals surface area contributed by atoms with E-state index >= 15 is 0 Å². The molecule has 0 bridgehead atoms. The molecular weight excluding hydrogens is 278 g/mol. The third-order valence-corrected chi connectivity index (χ3v) is 4.26. The lowest BCUT2D eigenvalue weighted by atomic mass is 9.82. The first-order chi connectivity index (χ1) is 10.9. The molecule has 0 spiro atoms. The van der Waals surface area contributed by atoms with Gasteiger partial charge in [0.15, 0.2) is 0 Å². The van der Waals surface area contributed by atoms with Crippen molar-refractivity contribution in [2.45, 2.75) is 51.2 Å². The predicted octanol–water partition coefficient (Wildman–Crippen LogP) is 2.90. The van der Waals surface area contributed by atoms with Crippen LogP contribution in [0.5, 0.6) is 5.75 Å². The van der Waals surface area contributed by atoms with E-state index in [1.165, 1.54) is 19.3 Å². The minimum absolute atomic E-state index is 0.0110. The van der Waals surface area contributed by atoms with Gasteiger partial charge in [0.1, 0.15) is 11.4 Å². The van der Waals surface area contributed by atoms with Gasteiger partial charge in [-0.2, -0.15) is 0 Å². The number of nitrogens with zero attached hydrogens (tertiary/aromatic N) is 3. The summed E-state index contributed by atoms with van der Waals surface area (Å²) in [6.45, 7) is 1.55. The zero-order valence-electron chi connectivity index (χ0n) is 12.8. The van der Waals surface area contributed by atoms with Gasteiger partial charge in [-0.3, -0.25) is 0 Å². The van der Waals surface area contributed by atoms with Crippen molar-refractivity contribution in [3.05, 3.63) is 41.7 Å². The number of rotatable bonds is 8. The Balaban J connectivity index is 1.46. The van der Waals surface area contributed by atoms with Crippen molar-refractivity contribution in [1.29, 1.82) is 0 Å². The summed E-state index contributed by atoms with van der Waals surface area (Å²) in [7, 11) is 0. The van der Waals surface area contributed by atoms with Crippen molar-refractivity contribution in [2.24, 2.45) is 0 Å². The lowest BCUT2D eigenvalue weighted by Crippen LogP contribution is -2.17. The number of aliphatic hydroxyl groups excluding tert-OH is 1. The molecule has 1 aromatic carbocycles. The highest BCUT2D eigenvalue weighted by molar-refractivity contribution is 5.20. The topological polar surface area (TPSA) is 60.2 Å². The zero-order valence-corrected chi connectivity index (χ0v) is 12.8. The van der Waals surface area contributed by atoms with Crippen LogP contribution < -0.4 is 4.74 Å². The molecule has 5 heteroatoms. The summed E-state index contributed by atoms with van der Waals surface area (Å²) in [5.74, 6) is 1.46.